The van der Waals surface area contributed by atoms with Crippen LogP contribution in [0.4, 0.5) is 4.79 Å². The Balaban J connectivity index is 1.39. The van der Waals surface area contributed by atoms with Crippen LogP contribution in [-0.2, 0) is 44.1 Å². The van der Waals surface area contributed by atoms with Crippen molar-refractivity contribution in [3.05, 3.63) is 174 Å². The molecule has 0 aromatic heterocycles. The molecule has 5 aromatic carbocycles. The molecule has 5 rings (SSSR count). The molecule has 0 aliphatic rings. The molecule has 0 heterocycles. The summed E-state index contributed by atoms with van der Waals surface area (Å²) in [4.78, 5) is 12.8. The van der Waals surface area contributed by atoms with Gasteiger partial charge in [0.1, 0.15) is 0 Å². The van der Waals surface area contributed by atoms with Crippen LogP contribution < -0.4 is 4.46 Å². The third-order valence-electron chi connectivity index (χ3n) is 7.34. The Morgan fingerprint density at radius 3 is 1.45 bits per heavy atom. The normalized spacial score (nSPS) is 13.0. The Morgan fingerprint density at radius 2 is 0.936 bits per heavy atom. The summed E-state index contributed by atoms with van der Waals surface area (Å²) < 4.78 is 27.0. The molecule has 47 heavy (non-hydrogen) atoms. The zero-order valence-corrected chi connectivity index (χ0v) is 29.7. The van der Waals surface area contributed by atoms with Gasteiger partial charge in [-0.1, -0.05) is 0 Å². The molecule has 0 unspecified atom stereocenters. The van der Waals surface area contributed by atoms with Gasteiger partial charge in [-0.05, 0) is 0 Å². The first kappa shape index (κ1) is 34.8. The zero-order chi connectivity index (χ0) is 32.4. The van der Waals surface area contributed by atoms with E-state index in [0.717, 1.165) is 31.8 Å². The fourth-order valence-corrected chi connectivity index (χ4v) is 8.40. The fourth-order valence-electron chi connectivity index (χ4n) is 4.88. The molecule has 0 spiro atoms. The van der Waals surface area contributed by atoms with Gasteiger partial charge in [-0.3, -0.25) is 0 Å². The summed E-state index contributed by atoms with van der Waals surface area (Å²) in [6.07, 6.45) is -1.33. The molecule has 0 saturated carbocycles. The van der Waals surface area contributed by atoms with Crippen LogP contribution in [0, 0.1) is 0 Å². The molecule has 0 fully saturated rings. The van der Waals surface area contributed by atoms with Gasteiger partial charge in [0.05, 0.1) is 0 Å². The monoisotopic (exact) mass is 760 g/mol. The van der Waals surface area contributed by atoms with Gasteiger partial charge in [-0.15, -0.1) is 0 Å². The molecule has 5 aromatic rings. The van der Waals surface area contributed by atoms with Gasteiger partial charge in [0.2, 0.25) is 0 Å². The first-order valence-corrected chi connectivity index (χ1v) is 19.8. The molecule has 0 saturated heterocycles. The van der Waals surface area contributed by atoms with Gasteiger partial charge in [0.15, 0.2) is 0 Å². The van der Waals surface area contributed by atoms with E-state index in [2.05, 4.69) is 48.5 Å². The van der Waals surface area contributed by atoms with Crippen LogP contribution >= 0.6 is 0 Å². The summed E-state index contributed by atoms with van der Waals surface area (Å²) in [6, 6.07) is 50.7. The summed E-state index contributed by atoms with van der Waals surface area (Å²) in [5, 5.41) is 1.79. The van der Waals surface area contributed by atoms with E-state index in [0.29, 0.717) is 19.8 Å². The molecule has 0 aliphatic carbocycles. The maximum absolute atomic E-state index is 13.1. The van der Waals surface area contributed by atoms with Crippen molar-refractivity contribution in [1.82, 2.24) is 0 Å². The van der Waals surface area contributed by atoms with Crippen LogP contribution in [0.2, 0.25) is 5.32 Å². The van der Waals surface area contributed by atoms with E-state index < -0.39 is 27.2 Å². The first-order valence-electron chi connectivity index (χ1n) is 15.7. The fraction of sp³-hybridized carbons (Fsp3) is 0.225. The average Bonchev–Trinajstić information content (AvgIpc) is 3.13. The molecular formula is C40H40O5Se2. The predicted octanol–water partition coefficient (Wildman–Crippen LogP) is 7.23. The van der Waals surface area contributed by atoms with Crippen molar-refractivity contribution < 1.29 is 23.7 Å². The maximum atomic E-state index is 13.1. The van der Waals surface area contributed by atoms with Crippen molar-refractivity contribution in [2.24, 2.45) is 0 Å². The van der Waals surface area contributed by atoms with Crippen LogP contribution in [0.5, 0.6) is 0 Å². The number of carbonyl (C=O) groups is 1. The molecule has 0 aliphatic heterocycles. The van der Waals surface area contributed by atoms with Crippen molar-refractivity contribution in [2.75, 3.05) is 6.61 Å². The second-order valence-electron chi connectivity index (χ2n) is 10.9. The molecule has 0 radical (unpaired) electrons. The van der Waals surface area contributed by atoms with Gasteiger partial charge < -0.3 is 0 Å². The summed E-state index contributed by atoms with van der Waals surface area (Å²) in [5.74, 6) is 0. The average molecular weight is 759 g/mol. The molecular weight excluding hydrogens is 718 g/mol. The summed E-state index contributed by atoms with van der Waals surface area (Å²) >= 11 is -0.234. The number of benzene rings is 5. The van der Waals surface area contributed by atoms with E-state index in [1.165, 1.54) is 5.56 Å². The Hall–Kier alpha value is -3.51. The molecule has 7 heteroatoms. The summed E-state index contributed by atoms with van der Waals surface area (Å²) in [6.45, 7) is 1.26. The zero-order valence-electron chi connectivity index (χ0n) is 26.3. The molecule has 3 atom stereocenters. The minimum atomic E-state index is -0.553. The Morgan fingerprint density at radius 1 is 0.511 bits per heavy atom. The van der Waals surface area contributed by atoms with Crippen LogP contribution in [0.15, 0.2) is 152 Å². The van der Waals surface area contributed by atoms with Gasteiger partial charge in [0, 0.05) is 0 Å². The standard InChI is InChI=1S/C40H40O5Se2/c41-40(47-36-24-14-5-15-25-36)45-29-37(42-26-32-16-6-1-7-17-32)39(44-28-34-20-10-3-11-21-34)38(43-27-33-18-8-2-9-19-33)31-46-30-35-22-12-4-13-23-35/h1-25,37-39H,26-31H2/t37-,38-,39+/m1/s1. The Bertz CT molecular complexity index is 1560. The third kappa shape index (κ3) is 12.6. The van der Waals surface area contributed by atoms with Gasteiger partial charge in [0.25, 0.3) is 0 Å². The Labute approximate surface area is 290 Å². The van der Waals surface area contributed by atoms with Crippen molar-refractivity contribution >= 4 is 39.2 Å². The van der Waals surface area contributed by atoms with E-state index >= 15 is 0 Å². The quantitative estimate of drug-likeness (QED) is 0.0833. The summed E-state index contributed by atoms with van der Waals surface area (Å²) in [7, 11) is 0. The molecule has 0 amide bonds. The van der Waals surface area contributed by atoms with E-state index in [9.17, 15) is 4.79 Å². The first-order chi connectivity index (χ1) is 23.2. The second kappa shape index (κ2) is 20.0. The van der Waals surface area contributed by atoms with E-state index in [1.807, 2.05) is 103 Å². The van der Waals surface area contributed by atoms with Gasteiger partial charge in [-0.25, -0.2) is 0 Å². The van der Waals surface area contributed by atoms with Crippen molar-refractivity contribution in [3.8, 4) is 0 Å². The molecule has 0 N–H and O–H groups in total. The van der Waals surface area contributed by atoms with E-state index in [1.54, 1.807) is 0 Å². The van der Waals surface area contributed by atoms with Crippen molar-refractivity contribution in [1.29, 1.82) is 0 Å². The van der Waals surface area contributed by atoms with Gasteiger partial charge in [-0.2, -0.15) is 0 Å². The molecule has 5 nitrogen and oxygen atoms in total. The second-order valence-corrected chi connectivity index (χ2v) is 15.2. The Kier molecular flexibility index (Phi) is 14.8. The number of rotatable bonds is 19. The molecule has 0 bridgehead atoms. The number of ether oxygens (including phenoxy) is 4. The SMILES string of the molecule is O=C(OC[C@@H](OCc1ccccc1)[C@H](OCc1ccccc1)[C@@H](C[Se]Cc1ccccc1)OCc1ccccc1)[Se]c1ccccc1. The van der Waals surface area contributed by atoms with Crippen LogP contribution in [-0.4, -0.2) is 59.7 Å². The van der Waals surface area contributed by atoms with E-state index in [-0.39, 0.29) is 32.5 Å². The minimum absolute atomic E-state index is 0.0661. The number of hydrogen-bond acceptors (Lipinski definition) is 5. The van der Waals surface area contributed by atoms with Crippen LogP contribution in [0.3, 0.4) is 0 Å². The predicted molar refractivity (Wildman–Crippen MR) is 189 cm³/mol. The van der Waals surface area contributed by atoms with Gasteiger partial charge >= 0.3 is 292 Å². The number of hydrogen-bond donors (Lipinski definition) is 0. The van der Waals surface area contributed by atoms with Crippen LogP contribution in [0.25, 0.3) is 0 Å². The number of carbonyl (C=O) groups excluding carboxylic acids is 1. The van der Waals surface area contributed by atoms with Crippen molar-refractivity contribution in [2.45, 2.75) is 48.8 Å². The topological polar surface area (TPSA) is 54.0 Å². The summed E-state index contributed by atoms with van der Waals surface area (Å²) in [5.41, 5.74) is 4.49. The van der Waals surface area contributed by atoms with Crippen LogP contribution in [0.1, 0.15) is 22.3 Å². The molecule has 242 valence electrons. The van der Waals surface area contributed by atoms with E-state index in [4.69, 9.17) is 18.9 Å². The van der Waals surface area contributed by atoms with Crippen molar-refractivity contribution in [3.63, 3.8) is 0 Å². The third-order valence-corrected chi connectivity index (χ3v) is 11.3.